The van der Waals surface area contributed by atoms with Gasteiger partial charge < -0.3 is 14.4 Å². The summed E-state index contributed by atoms with van der Waals surface area (Å²) in [5, 5.41) is 10.7. The molecule has 1 aromatic rings. The summed E-state index contributed by atoms with van der Waals surface area (Å²) in [6, 6.07) is 5.39. The molecule has 2 unspecified atom stereocenters. The van der Waals surface area contributed by atoms with Gasteiger partial charge in [0.2, 0.25) is 0 Å². The molecule has 0 aromatic heterocycles. The summed E-state index contributed by atoms with van der Waals surface area (Å²) in [6.07, 6.45) is 0.936. The van der Waals surface area contributed by atoms with Crippen molar-refractivity contribution in [3.63, 3.8) is 0 Å². The van der Waals surface area contributed by atoms with Crippen LogP contribution >= 0.6 is 0 Å². The summed E-state index contributed by atoms with van der Waals surface area (Å²) in [5.74, 6) is 0.123. The summed E-state index contributed by atoms with van der Waals surface area (Å²) < 4.78 is 11.0. The molecular weight excluding hydrogens is 352 g/mol. The normalized spacial score (nSPS) is 24.4. The van der Waals surface area contributed by atoms with Gasteiger partial charge in [-0.15, -0.1) is 0 Å². The van der Waals surface area contributed by atoms with Crippen molar-refractivity contribution in [2.24, 2.45) is 11.8 Å². The Bertz CT molecular complexity index is 726. The number of carbonyl (C=O) groups is 2. The van der Waals surface area contributed by atoms with Gasteiger partial charge in [-0.1, -0.05) is 0 Å². The number of esters is 1. The molecule has 0 spiro atoms. The van der Waals surface area contributed by atoms with E-state index in [1.54, 1.807) is 4.90 Å². The van der Waals surface area contributed by atoms with Gasteiger partial charge >= 0.3 is 12.1 Å². The van der Waals surface area contributed by atoms with Crippen molar-refractivity contribution >= 4 is 17.7 Å². The van der Waals surface area contributed by atoms with Gasteiger partial charge in [-0.3, -0.25) is 10.1 Å². The number of fused-ring (bicyclic) bond motifs is 1. The maximum Gasteiger partial charge on any atom is 0.410 e. The van der Waals surface area contributed by atoms with E-state index >= 15 is 0 Å². The number of likely N-dealkylation sites (tertiary alicyclic amines) is 1. The van der Waals surface area contributed by atoms with E-state index in [4.69, 9.17) is 9.47 Å². The molecule has 0 bridgehead atoms. The third kappa shape index (κ3) is 4.56. The van der Waals surface area contributed by atoms with Gasteiger partial charge in [-0.25, -0.2) is 9.59 Å². The van der Waals surface area contributed by atoms with Crippen LogP contribution in [0.2, 0.25) is 0 Å². The average Bonchev–Trinajstić information content (AvgIpc) is 3.11. The molecule has 2 fully saturated rings. The van der Waals surface area contributed by atoms with Crippen LogP contribution in [0.25, 0.3) is 0 Å². The van der Waals surface area contributed by atoms with E-state index in [-0.39, 0.29) is 17.9 Å². The van der Waals surface area contributed by atoms with Crippen LogP contribution in [0.4, 0.5) is 10.5 Å². The van der Waals surface area contributed by atoms with Gasteiger partial charge in [0.25, 0.3) is 5.69 Å². The quantitative estimate of drug-likeness (QED) is 0.455. The lowest BCUT2D eigenvalue weighted by atomic mass is 10.0. The second-order valence-electron chi connectivity index (χ2n) is 8.21. The monoisotopic (exact) mass is 376 g/mol. The lowest BCUT2D eigenvalue weighted by Gasteiger charge is -2.25. The number of amides is 1. The minimum Gasteiger partial charge on any atom is -0.459 e. The van der Waals surface area contributed by atoms with Crippen LogP contribution in [-0.2, 0) is 9.47 Å². The fourth-order valence-electron chi connectivity index (χ4n) is 3.75. The standard InChI is InChI=1S/C19H24N2O6/c1-19(2,3)27-18(23)20-10-13-8-16(9-14(13)11-20)26-17(22)12-4-6-15(7-5-12)21(24)25/h4-7,13-14,16H,8-11H2,1-3H3. The van der Waals surface area contributed by atoms with Crippen molar-refractivity contribution < 1.29 is 24.0 Å². The molecule has 27 heavy (non-hydrogen) atoms. The minimum atomic E-state index is -0.516. The molecule has 2 aliphatic rings. The van der Waals surface area contributed by atoms with Crippen LogP contribution in [0.3, 0.4) is 0 Å². The third-order valence-corrected chi connectivity index (χ3v) is 4.95. The number of hydrogen-bond acceptors (Lipinski definition) is 6. The van der Waals surface area contributed by atoms with Crippen LogP contribution in [0.1, 0.15) is 44.0 Å². The first-order valence-electron chi connectivity index (χ1n) is 9.06. The summed E-state index contributed by atoms with van der Waals surface area (Å²) in [4.78, 5) is 36.3. The van der Waals surface area contributed by atoms with Gasteiger partial charge in [-0.05, 0) is 57.6 Å². The highest BCUT2D eigenvalue weighted by molar-refractivity contribution is 5.89. The molecule has 146 valence electrons. The number of nitro benzene ring substituents is 1. The number of benzene rings is 1. The Morgan fingerprint density at radius 2 is 1.67 bits per heavy atom. The first kappa shape index (κ1) is 19.1. The molecule has 1 heterocycles. The van der Waals surface area contributed by atoms with Crippen molar-refractivity contribution in [1.82, 2.24) is 4.90 Å². The number of hydrogen-bond donors (Lipinski definition) is 0. The smallest absolute Gasteiger partial charge is 0.410 e. The maximum atomic E-state index is 12.3. The Hall–Kier alpha value is -2.64. The lowest BCUT2D eigenvalue weighted by molar-refractivity contribution is -0.384. The fourth-order valence-corrected chi connectivity index (χ4v) is 3.75. The van der Waals surface area contributed by atoms with Crippen LogP contribution in [0, 0.1) is 22.0 Å². The van der Waals surface area contributed by atoms with E-state index in [2.05, 4.69) is 0 Å². The zero-order valence-corrected chi connectivity index (χ0v) is 15.7. The Labute approximate surface area is 157 Å². The van der Waals surface area contributed by atoms with Crippen molar-refractivity contribution in [2.45, 2.75) is 45.3 Å². The van der Waals surface area contributed by atoms with Crippen molar-refractivity contribution in [2.75, 3.05) is 13.1 Å². The second kappa shape index (κ2) is 7.17. The van der Waals surface area contributed by atoms with E-state index in [0.29, 0.717) is 43.3 Å². The predicted octanol–water partition coefficient (Wildman–Crippen LogP) is 3.40. The Kier molecular flexibility index (Phi) is 5.08. The van der Waals surface area contributed by atoms with E-state index < -0.39 is 16.5 Å². The van der Waals surface area contributed by atoms with Crippen molar-refractivity contribution in [3.8, 4) is 0 Å². The van der Waals surface area contributed by atoms with Crippen LogP contribution < -0.4 is 0 Å². The lowest BCUT2D eigenvalue weighted by Crippen LogP contribution is -2.36. The van der Waals surface area contributed by atoms with Gasteiger partial charge in [0.05, 0.1) is 10.5 Å². The molecule has 1 amide bonds. The molecule has 1 saturated heterocycles. The highest BCUT2D eigenvalue weighted by Gasteiger charge is 2.44. The van der Waals surface area contributed by atoms with Gasteiger partial charge in [0.1, 0.15) is 11.7 Å². The van der Waals surface area contributed by atoms with E-state index in [1.807, 2.05) is 20.8 Å². The SMILES string of the molecule is CC(C)(C)OC(=O)N1CC2CC(OC(=O)c3ccc([N+](=O)[O-])cc3)CC2C1. The number of nitro groups is 1. The Morgan fingerprint density at radius 3 is 2.15 bits per heavy atom. The summed E-state index contributed by atoms with van der Waals surface area (Å²) in [7, 11) is 0. The van der Waals surface area contributed by atoms with Crippen LogP contribution in [0.15, 0.2) is 24.3 Å². The number of carbonyl (C=O) groups excluding carboxylic acids is 2. The zero-order chi connectivity index (χ0) is 19.8. The summed E-state index contributed by atoms with van der Waals surface area (Å²) in [6.45, 7) is 6.76. The van der Waals surface area contributed by atoms with Crippen molar-refractivity contribution in [1.29, 1.82) is 0 Å². The first-order chi connectivity index (χ1) is 12.6. The van der Waals surface area contributed by atoms with Gasteiger partial charge in [-0.2, -0.15) is 0 Å². The molecule has 1 aromatic carbocycles. The molecule has 3 rings (SSSR count). The molecule has 0 N–H and O–H groups in total. The van der Waals surface area contributed by atoms with Crippen LogP contribution in [-0.4, -0.2) is 46.7 Å². The number of nitrogens with zero attached hydrogens (tertiary/aromatic N) is 2. The molecule has 1 aliphatic heterocycles. The Balaban J connectivity index is 1.51. The first-order valence-corrected chi connectivity index (χ1v) is 9.06. The molecular formula is C19H24N2O6. The third-order valence-electron chi connectivity index (χ3n) is 4.95. The fraction of sp³-hybridized carbons (Fsp3) is 0.579. The summed E-state index contributed by atoms with van der Waals surface area (Å²) in [5.41, 5.74) is -0.283. The van der Waals surface area contributed by atoms with Crippen molar-refractivity contribution in [3.05, 3.63) is 39.9 Å². The second-order valence-corrected chi connectivity index (χ2v) is 8.21. The van der Waals surface area contributed by atoms with Gasteiger partial charge in [0.15, 0.2) is 0 Å². The number of non-ortho nitro benzene ring substituents is 1. The molecule has 8 heteroatoms. The molecule has 2 atom stereocenters. The Morgan fingerprint density at radius 1 is 1.11 bits per heavy atom. The van der Waals surface area contributed by atoms with Crippen LogP contribution in [0.5, 0.6) is 0 Å². The molecule has 8 nitrogen and oxygen atoms in total. The zero-order valence-electron chi connectivity index (χ0n) is 15.7. The maximum absolute atomic E-state index is 12.3. The average molecular weight is 376 g/mol. The highest BCUT2D eigenvalue weighted by Crippen LogP contribution is 2.40. The van der Waals surface area contributed by atoms with E-state index in [0.717, 1.165) is 0 Å². The summed E-state index contributed by atoms with van der Waals surface area (Å²) >= 11 is 0. The van der Waals surface area contributed by atoms with E-state index in [1.165, 1.54) is 24.3 Å². The molecule has 1 saturated carbocycles. The molecule has 1 aliphatic carbocycles. The minimum absolute atomic E-state index is 0.0656. The van der Waals surface area contributed by atoms with E-state index in [9.17, 15) is 19.7 Å². The topological polar surface area (TPSA) is 99.0 Å². The molecule has 0 radical (unpaired) electrons. The number of rotatable bonds is 3. The number of ether oxygens (including phenoxy) is 2. The largest absolute Gasteiger partial charge is 0.459 e. The predicted molar refractivity (Wildman–Crippen MR) is 96.3 cm³/mol. The highest BCUT2D eigenvalue weighted by atomic mass is 16.6. The van der Waals surface area contributed by atoms with Gasteiger partial charge in [0, 0.05) is 25.2 Å².